The van der Waals surface area contributed by atoms with Crippen molar-refractivity contribution >= 4 is 11.4 Å². The first-order valence-electron chi connectivity index (χ1n) is 8.81. The van der Waals surface area contributed by atoms with Crippen molar-refractivity contribution in [2.45, 2.75) is 13.5 Å². The first kappa shape index (κ1) is 19.9. The lowest BCUT2D eigenvalue weighted by molar-refractivity contribution is 0.130. The molecule has 0 bridgehead atoms. The quantitative estimate of drug-likeness (QED) is 0.330. The number of phenols is 2. The lowest BCUT2D eigenvalue weighted by atomic mass is 9.96. The highest BCUT2D eigenvalue weighted by Crippen LogP contribution is 2.36. The fourth-order valence-electron chi connectivity index (χ4n) is 2.82. The van der Waals surface area contributed by atoms with Gasteiger partial charge in [0.05, 0.1) is 12.8 Å². The molecule has 0 aromatic heterocycles. The molecule has 0 fully saturated rings. The molecular formula is C22H20N2O5. The predicted octanol–water partition coefficient (Wildman–Crippen LogP) is 5.11. The van der Waals surface area contributed by atoms with E-state index in [0.717, 1.165) is 16.7 Å². The van der Waals surface area contributed by atoms with E-state index in [1.165, 1.54) is 7.11 Å². The van der Waals surface area contributed by atoms with Crippen LogP contribution in [0.3, 0.4) is 0 Å². The molecule has 0 aliphatic carbocycles. The monoisotopic (exact) mass is 392 g/mol. The van der Waals surface area contributed by atoms with E-state index in [1.54, 1.807) is 67.6 Å². The van der Waals surface area contributed by atoms with Gasteiger partial charge in [0.1, 0.15) is 18.0 Å². The normalized spacial score (nSPS) is 11.2. The van der Waals surface area contributed by atoms with Gasteiger partial charge >= 0.3 is 0 Å². The Morgan fingerprint density at radius 3 is 2.31 bits per heavy atom. The molecule has 0 radical (unpaired) electrons. The van der Waals surface area contributed by atoms with Gasteiger partial charge in [-0.1, -0.05) is 29.4 Å². The van der Waals surface area contributed by atoms with Crippen molar-refractivity contribution in [2.24, 2.45) is 10.3 Å². The molecule has 148 valence electrons. The summed E-state index contributed by atoms with van der Waals surface area (Å²) in [5.41, 5.74) is 3.99. The largest absolute Gasteiger partial charge is 0.508 e. The molecule has 0 aliphatic heterocycles. The predicted molar refractivity (Wildman–Crippen MR) is 111 cm³/mol. The SMILES string of the molecule is COc1cc(-c2ccc(O)cc2)c(/C(C)=N/OCc2ccc(N=O)cc2)cc1O. The summed E-state index contributed by atoms with van der Waals surface area (Å²) in [6.07, 6.45) is 0. The standard InChI is InChI=1S/C22H20N2O5/c1-14(24-29-13-15-3-7-17(23-27)8-4-15)19-11-21(26)22(28-2)12-20(19)16-5-9-18(25)10-6-16/h3-12,25-26H,13H2,1-2H3/b24-14+. The number of aromatic hydroxyl groups is 2. The second-order valence-electron chi connectivity index (χ2n) is 6.32. The summed E-state index contributed by atoms with van der Waals surface area (Å²) in [7, 11) is 1.48. The molecular weight excluding hydrogens is 372 g/mol. The van der Waals surface area contributed by atoms with Crippen molar-refractivity contribution in [3.05, 3.63) is 76.7 Å². The number of oxime groups is 1. The summed E-state index contributed by atoms with van der Waals surface area (Å²) in [6.45, 7) is 1.98. The summed E-state index contributed by atoms with van der Waals surface area (Å²) >= 11 is 0. The van der Waals surface area contributed by atoms with E-state index in [4.69, 9.17) is 9.57 Å². The summed E-state index contributed by atoms with van der Waals surface area (Å²) in [4.78, 5) is 15.9. The van der Waals surface area contributed by atoms with Crippen molar-refractivity contribution < 1.29 is 19.8 Å². The van der Waals surface area contributed by atoms with Crippen molar-refractivity contribution in [1.29, 1.82) is 0 Å². The molecule has 0 saturated heterocycles. The van der Waals surface area contributed by atoms with Crippen molar-refractivity contribution in [3.63, 3.8) is 0 Å². The smallest absolute Gasteiger partial charge is 0.161 e. The second-order valence-corrected chi connectivity index (χ2v) is 6.32. The molecule has 0 unspecified atom stereocenters. The molecule has 7 heteroatoms. The zero-order chi connectivity index (χ0) is 20.8. The van der Waals surface area contributed by atoms with Crippen LogP contribution in [-0.2, 0) is 11.4 Å². The third-order valence-electron chi connectivity index (χ3n) is 4.36. The van der Waals surface area contributed by atoms with Gasteiger partial charge in [0, 0.05) is 5.56 Å². The highest BCUT2D eigenvalue weighted by Gasteiger charge is 2.14. The number of phenolic OH excluding ortho intramolecular Hbond substituents is 2. The zero-order valence-corrected chi connectivity index (χ0v) is 16.0. The Kier molecular flexibility index (Phi) is 6.09. The molecule has 3 aromatic rings. The van der Waals surface area contributed by atoms with Crippen LogP contribution < -0.4 is 4.74 Å². The number of nitrogens with zero attached hydrogens (tertiary/aromatic N) is 2. The number of nitroso groups, excluding NO2 is 1. The molecule has 0 spiro atoms. The van der Waals surface area contributed by atoms with Crippen LogP contribution in [0.2, 0.25) is 0 Å². The molecule has 0 aliphatic rings. The Morgan fingerprint density at radius 1 is 1.00 bits per heavy atom. The van der Waals surface area contributed by atoms with Crippen LogP contribution in [0.1, 0.15) is 18.1 Å². The molecule has 0 heterocycles. The van der Waals surface area contributed by atoms with E-state index in [1.807, 2.05) is 0 Å². The number of rotatable bonds is 7. The van der Waals surface area contributed by atoms with Gasteiger partial charge in [-0.05, 0) is 65.2 Å². The molecule has 0 saturated carbocycles. The molecule has 3 rings (SSSR count). The summed E-state index contributed by atoms with van der Waals surface area (Å²) in [6, 6.07) is 16.7. The Labute approximate surface area is 167 Å². The van der Waals surface area contributed by atoms with Gasteiger partial charge in [-0.25, -0.2) is 0 Å². The topological polar surface area (TPSA) is 101 Å². The second kappa shape index (κ2) is 8.88. The number of benzene rings is 3. The first-order valence-corrected chi connectivity index (χ1v) is 8.81. The van der Waals surface area contributed by atoms with E-state index < -0.39 is 0 Å². The van der Waals surface area contributed by atoms with Gasteiger partial charge in [-0.15, -0.1) is 4.91 Å². The van der Waals surface area contributed by atoms with Crippen LogP contribution in [-0.4, -0.2) is 23.0 Å². The average molecular weight is 392 g/mol. The van der Waals surface area contributed by atoms with Gasteiger partial charge in [0.25, 0.3) is 0 Å². The maximum Gasteiger partial charge on any atom is 0.161 e. The molecule has 29 heavy (non-hydrogen) atoms. The summed E-state index contributed by atoms with van der Waals surface area (Å²) in [5, 5.41) is 26.8. The fourth-order valence-corrected chi connectivity index (χ4v) is 2.82. The van der Waals surface area contributed by atoms with Gasteiger partial charge in [0.2, 0.25) is 0 Å². The highest BCUT2D eigenvalue weighted by atomic mass is 16.6. The molecule has 0 atom stereocenters. The Morgan fingerprint density at radius 2 is 1.69 bits per heavy atom. The molecule has 2 N–H and O–H groups in total. The Balaban J connectivity index is 1.88. The number of hydrogen-bond donors (Lipinski definition) is 2. The van der Waals surface area contributed by atoms with Gasteiger partial charge in [-0.3, -0.25) is 0 Å². The number of methoxy groups -OCH3 is 1. The zero-order valence-electron chi connectivity index (χ0n) is 16.0. The van der Waals surface area contributed by atoms with Crippen LogP contribution in [0, 0.1) is 4.91 Å². The van der Waals surface area contributed by atoms with Crippen LogP contribution in [0.15, 0.2) is 71.0 Å². The Hall–Kier alpha value is -3.87. The van der Waals surface area contributed by atoms with Crippen molar-refractivity contribution in [3.8, 4) is 28.4 Å². The minimum absolute atomic E-state index is 0.0171. The number of hydrogen-bond acceptors (Lipinski definition) is 7. The molecule has 7 nitrogen and oxygen atoms in total. The van der Waals surface area contributed by atoms with E-state index in [0.29, 0.717) is 22.7 Å². The minimum Gasteiger partial charge on any atom is -0.508 e. The van der Waals surface area contributed by atoms with Gasteiger partial charge in [0.15, 0.2) is 11.5 Å². The third kappa shape index (κ3) is 4.70. The van der Waals surface area contributed by atoms with Gasteiger partial charge in [-0.2, -0.15) is 0 Å². The van der Waals surface area contributed by atoms with Crippen LogP contribution in [0.4, 0.5) is 5.69 Å². The van der Waals surface area contributed by atoms with E-state index in [9.17, 15) is 15.1 Å². The van der Waals surface area contributed by atoms with E-state index in [-0.39, 0.29) is 18.1 Å². The highest BCUT2D eigenvalue weighted by molar-refractivity contribution is 6.05. The first-order chi connectivity index (χ1) is 14.0. The lowest BCUT2D eigenvalue weighted by Crippen LogP contribution is -2.01. The van der Waals surface area contributed by atoms with Crippen molar-refractivity contribution in [2.75, 3.05) is 7.11 Å². The van der Waals surface area contributed by atoms with Crippen LogP contribution in [0.25, 0.3) is 11.1 Å². The van der Waals surface area contributed by atoms with E-state index >= 15 is 0 Å². The van der Waals surface area contributed by atoms with E-state index in [2.05, 4.69) is 10.3 Å². The molecule has 3 aromatic carbocycles. The maximum atomic E-state index is 10.5. The van der Waals surface area contributed by atoms with Crippen LogP contribution >= 0.6 is 0 Å². The van der Waals surface area contributed by atoms with Crippen molar-refractivity contribution in [1.82, 2.24) is 0 Å². The summed E-state index contributed by atoms with van der Waals surface area (Å²) in [5.74, 6) is 0.469. The molecule has 0 amide bonds. The minimum atomic E-state index is -0.0171. The Bertz CT molecular complexity index is 1030. The third-order valence-corrected chi connectivity index (χ3v) is 4.36. The van der Waals surface area contributed by atoms with Crippen LogP contribution in [0.5, 0.6) is 17.2 Å². The number of ether oxygens (including phenoxy) is 1. The maximum absolute atomic E-state index is 10.5. The van der Waals surface area contributed by atoms with Gasteiger partial charge < -0.3 is 19.8 Å². The lowest BCUT2D eigenvalue weighted by Gasteiger charge is -2.13. The summed E-state index contributed by atoms with van der Waals surface area (Å²) < 4.78 is 5.22. The fraction of sp³-hybridized carbons (Fsp3) is 0.136. The average Bonchev–Trinajstić information content (AvgIpc) is 2.74.